The third kappa shape index (κ3) is 5.29. The molecule has 146 valence electrons. The van der Waals surface area contributed by atoms with Gasteiger partial charge in [0.05, 0.1) is 32.6 Å². The quantitative estimate of drug-likeness (QED) is 0.890. The molecular formula is C20H28N4O3. The Bertz CT molecular complexity index is 742. The first-order chi connectivity index (χ1) is 13.0. The molecule has 27 heavy (non-hydrogen) atoms. The Hall–Kier alpha value is -2.41. The highest BCUT2D eigenvalue weighted by Gasteiger charge is 2.24. The number of aromatic nitrogens is 3. The number of ether oxygens (including phenoxy) is 2. The lowest BCUT2D eigenvalue weighted by Crippen LogP contribution is -2.45. The minimum absolute atomic E-state index is 0.0228. The van der Waals surface area contributed by atoms with Gasteiger partial charge in [0.2, 0.25) is 5.91 Å². The summed E-state index contributed by atoms with van der Waals surface area (Å²) in [6, 6.07) is 7.86. The van der Waals surface area contributed by atoms with E-state index >= 15 is 0 Å². The molecular weight excluding hydrogens is 344 g/mol. The molecule has 0 spiro atoms. The molecule has 0 saturated heterocycles. The van der Waals surface area contributed by atoms with Crippen molar-refractivity contribution < 1.29 is 14.3 Å². The smallest absolute Gasteiger partial charge is 0.223 e. The number of benzene rings is 1. The maximum absolute atomic E-state index is 13.0. The number of carbonyl (C=O) groups is 1. The highest BCUT2D eigenvalue weighted by Crippen LogP contribution is 2.19. The lowest BCUT2D eigenvalue weighted by molar-refractivity contribution is -0.127. The number of methoxy groups -OCH3 is 1. The molecule has 2 atom stereocenters. The average molecular weight is 372 g/mol. The van der Waals surface area contributed by atoms with E-state index < -0.39 is 0 Å². The van der Waals surface area contributed by atoms with Crippen LogP contribution < -0.4 is 10.1 Å². The van der Waals surface area contributed by atoms with Gasteiger partial charge < -0.3 is 14.8 Å². The van der Waals surface area contributed by atoms with Gasteiger partial charge >= 0.3 is 0 Å². The number of nitrogens with one attached hydrogen (secondary N) is 1. The Labute approximate surface area is 160 Å². The van der Waals surface area contributed by atoms with Gasteiger partial charge in [-0.2, -0.15) is 0 Å². The van der Waals surface area contributed by atoms with Gasteiger partial charge in [-0.05, 0) is 36.5 Å². The summed E-state index contributed by atoms with van der Waals surface area (Å²) in [6.45, 7) is 5.71. The highest BCUT2D eigenvalue weighted by atomic mass is 16.5. The second-order valence-electron chi connectivity index (χ2n) is 7.38. The molecule has 0 saturated carbocycles. The van der Waals surface area contributed by atoms with Crippen LogP contribution in [0.5, 0.6) is 5.75 Å². The van der Waals surface area contributed by atoms with Crippen molar-refractivity contribution >= 4 is 5.91 Å². The fraction of sp³-hybridized carbons (Fsp3) is 0.550. The van der Waals surface area contributed by atoms with Crippen molar-refractivity contribution in [2.75, 3.05) is 13.7 Å². The summed E-state index contributed by atoms with van der Waals surface area (Å²) in [5.41, 5.74) is 1.93. The Morgan fingerprint density at radius 3 is 2.81 bits per heavy atom. The number of rotatable bonds is 4. The Morgan fingerprint density at radius 2 is 2.11 bits per heavy atom. The van der Waals surface area contributed by atoms with Crippen LogP contribution in [-0.4, -0.2) is 40.7 Å². The van der Waals surface area contributed by atoms with Crippen LogP contribution in [0.25, 0.3) is 0 Å². The van der Waals surface area contributed by atoms with Gasteiger partial charge in [0, 0.05) is 12.5 Å². The summed E-state index contributed by atoms with van der Waals surface area (Å²) < 4.78 is 12.8. The fourth-order valence-electron chi connectivity index (χ4n) is 3.17. The van der Waals surface area contributed by atoms with Crippen molar-refractivity contribution in [1.82, 2.24) is 20.3 Å². The van der Waals surface area contributed by atoms with Crippen molar-refractivity contribution in [2.45, 2.75) is 45.9 Å². The van der Waals surface area contributed by atoms with Crippen LogP contribution >= 0.6 is 0 Å². The summed E-state index contributed by atoms with van der Waals surface area (Å²) in [6.07, 6.45) is 3.27. The zero-order valence-electron chi connectivity index (χ0n) is 16.2. The van der Waals surface area contributed by atoms with Gasteiger partial charge in [0.15, 0.2) is 0 Å². The van der Waals surface area contributed by atoms with Crippen LogP contribution in [0.4, 0.5) is 0 Å². The average Bonchev–Trinajstić information content (AvgIpc) is 3.11. The molecule has 1 aromatic carbocycles. The lowest BCUT2D eigenvalue weighted by atomic mass is 9.94. The summed E-state index contributed by atoms with van der Waals surface area (Å²) in [4.78, 5) is 13.0. The summed E-state index contributed by atoms with van der Waals surface area (Å²) in [5.74, 6) is 1.02. The van der Waals surface area contributed by atoms with Crippen LogP contribution in [0.2, 0.25) is 0 Å². The number of carbonyl (C=O) groups excluding carboxylic acids is 1. The predicted octanol–water partition coefficient (Wildman–Crippen LogP) is 2.21. The van der Waals surface area contributed by atoms with E-state index in [-0.39, 0.29) is 23.8 Å². The van der Waals surface area contributed by atoms with Crippen LogP contribution in [-0.2, 0) is 29.1 Å². The predicted molar refractivity (Wildman–Crippen MR) is 101 cm³/mol. The molecule has 1 N–H and O–H groups in total. The van der Waals surface area contributed by atoms with Crippen molar-refractivity contribution in [1.29, 1.82) is 0 Å². The zero-order valence-corrected chi connectivity index (χ0v) is 16.2. The second-order valence-corrected chi connectivity index (χ2v) is 7.38. The molecule has 2 aromatic rings. The van der Waals surface area contributed by atoms with Crippen molar-refractivity contribution in [3.63, 3.8) is 0 Å². The molecule has 0 fully saturated rings. The number of hydrogen-bond donors (Lipinski definition) is 1. The van der Waals surface area contributed by atoms with E-state index in [0.717, 1.165) is 17.0 Å². The van der Waals surface area contributed by atoms with Crippen LogP contribution in [0.15, 0.2) is 30.5 Å². The summed E-state index contributed by atoms with van der Waals surface area (Å²) >= 11 is 0. The monoisotopic (exact) mass is 372 g/mol. The topological polar surface area (TPSA) is 78.3 Å². The van der Waals surface area contributed by atoms with Gasteiger partial charge in [0.25, 0.3) is 0 Å². The molecule has 3 rings (SSSR count). The van der Waals surface area contributed by atoms with E-state index in [1.54, 1.807) is 11.8 Å². The maximum atomic E-state index is 13.0. The SMILES string of the molecule is COc1ccc(C[C@H]2CCn3cc(nn3)COC[C@@H](C(C)C)NC2=O)cc1. The van der Waals surface area contributed by atoms with Gasteiger partial charge in [0.1, 0.15) is 11.4 Å². The van der Waals surface area contributed by atoms with E-state index in [0.29, 0.717) is 32.6 Å². The second kappa shape index (κ2) is 8.99. The molecule has 1 aliphatic heterocycles. The molecule has 1 aliphatic rings. The number of amides is 1. The maximum Gasteiger partial charge on any atom is 0.223 e. The van der Waals surface area contributed by atoms with Crippen LogP contribution in [0.3, 0.4) is 0 Å². The molecule has 1 aromatic heterocycles. The third-order valence-corrected chi connectivity index (χ3v) is 4.98. The normalized spacial score (nSPS) is 21.3. The van der Waals surface area contributed by atoms with Crippen LogP contribution in [0.1, 0.15) is 31.5 Å². The van der Waals surface area contributed by atoms with E-state index in [1.165, 1.54) is 0 Å². The Kier molecular flexibility index (Phi) is 6.45. The van der Waals surface area contributed by atoms with Crippen molar-refractivity contribution in [2.24, 2.45) is 11.8 Å². The molecule has 0 unspecified atom stereocenters. The molecule has 2 bridgehead atoms. The first-order valence-corrected chi connectivity index (χ1v) is 9.45. The molecule has 0 radical (unpaired) electrons. The number of nitrogens with zero attached hydrogens (tertiary/aromatic N) is 3. The van der Waals surface area contributed by atoms with Gasteiger partial charge in [-0.25, -0.2) is 0 Å². The van der Waals surface area contributed by atoms with Gasteiger partial charge in [-0.1, -0.05) is 31.2 Å². The van der Waals surface area contributed by atoms with Gasteiger partial charge in [-0.3, -0.25) is 9.48 Å². The standard InChI is InChI=1S/C20H28N4O3/c1-14(2)19-13-27-12-17-11-24(23-22-17)9-8-16(20(25)21-19)10-15-4-6-18(26-3)7-5-15/h4-7,11,14,16,19H,8-10,12-13H2,1-3H3,(H,21,25)/t16-,19+/m1/s1. The molecule has 1 amide bonds. The van der Waals surface area contributed by atoms with Crippen LogP contribution in [0, 0.1) is 11.8 Å². The molecule has 7 heteroatoms. The van der Waals surface area contributed by atoms with Crippen molar-refractivity contribution in [3.05, 3.63) is 41.7 Å². The van der Waals surface area contributed by atoms with Crippen molar-refractivity contribution in [3.8, 4) is 5.75 Å². The minimum atomic E-state index is -0.147. The van der Waals surface area contributed by atoms with E-state index in [2.05, 4.69) is 29.5 Å². The lowest BCUT2D eigenvalue weighted by Gasteiger charge is -2.26. The largest absolute Gasteiger partial charge is 0.497 e. The highest BCUT2D eigenvalue weighted by molar-refractivity contribution is 5.79. The number of hydrogen-bond acceptors (Lipinski definition) is 5. The molecule has 2 heterocycles. The summed E-state index contributed by atoms with van der Waals surface area (Å²) in [5, 5.41) is 11.5. The van der Waals surface area contributed by atoms with E-state index in [1.807, 2.05) is 30.5 Å². The van der Waals surface area contributed by atoms with Gasteiger partial charge in [-0.15, -0.1) is 5.10 Å². The summed E-state index contributed by atoms with van der Waals surface area (Å²) in [7, 11) is 1.65. The van der Waals surface area contributed by atoms with E-state index in [4.69, 9.17) is 9.47 Å². The Balaban J connectivity index is 1.78. The minimum Gasteiger partial charge on any atom is -0.497 e. The fourth-order valence-corrected chi connectivity index (χ4v) is 3.17. The first kappa shape index (κ1) is 19.4. The molecule has 7 nitrogen and oxygen atoms in total. The zero-order chi connectivity index (χ0) is 19.2. The number of aryl methyl sites for hydroxylation is 1. The molecule has 0 aliphatic carbocycles. The Morgan fingerprint density at radius 1 is 1.33 bits per heavy atom. The van der Waals surface area contributed by atoms with E-state index in [9.17, 15) is 4.79 Å². The third-order valence-electron chi connectivity index (χ3n) is 4.98. The number of fused-ring (bicyclic) bond motifs is 2. The first-order valence-electron chi connectivity index (χ1n) is 9.45.